The molecule has 0 aromatic heterocycles. The molecule has 0 N–H and O–H groups in total. The van der Waals surface area contributed by atoms with Crippen LogP contribution in [-0.4, -0.2) is 5.97 Å². The lowest BCUT2D eigenvalue weighted by Gasteiger charge is -2.18. The van der Waals surface area contributed by atoms with Crippen molar-refractivity contribution in [3.8, 4) is 0 Å². The number of ether oxygens (including phenoxy) is 1. The van der Waals surface area contributed by atoms with Gasteiger partial charge in [0, 0.05) is 5.56 Å². The van der Waals surface area contributed by atoms with Gasteiger partial charge in [0.2, 0.25) is 0 Å². The first-order valence-electron chi connectivity index (χ1n) is 7.53. The van der Waals surface area contributed by atoms with Crippen LogP contribution in [0.3, 0.4) is 0 Å². The summed E-state index contributed by atoms with van der Waals surface area (Å²) in [5.41, 5.74) is 0.590. The topological polar surface area (TPSA) is 26.3 Å². The third kappa shape index (κ3) is 2.69. The Morgan fingerprint density at radius 1 is 0.909 bits per heavy atom. The highest BCUT2D eigenvalue weighted by Gasteiger charge is 2.23. The molecule has 0 saturated heterocycles. The summed E-state index contributed by atoms with van der Waals surface area (Å²) in [6.07, 6.45) is 0. The van der Waals surface area contributed by atoms with Gasteiger partial charge in [0.1, 0.15) is 6.61 Å². The monoisotopic (exact) mass is 292 g/mol. The van der Waals surface area contributed by atoms with Crippen LogP contribution in [0, 0.1) is 5.41 Å². The summed E-state index contributed by atoms with van der Waals surface area (Å²) in [6.45, 7) is 5.92. The van der Waals surface area contributed by atoms with Crippen LogP contribution in [0.5, 0.6) is 0 Å². The van der Waals surface area contributed by atoms with Crippen LogP contribution < -0.4 is 0 Å². The Bertz CT molecular complexity index is 787. The van der Waals surface area contributed by atoms with E-state index in [0.29, 0.717) is 6.61 Å². The molecule has 2 heteroatoms. The number of esters is 1. The second kappa shape index (κ2) is 5.45. The van der Waals surface area contributed by atoms with E-state index in [1.165, 1.54) is 10.8 Å². The summed E-state index contributed by atoms with van der Waals surface area (Å²) in [6, 6.07) is 18.6. The molecular weight excluding hydrogens is 272 g/mol. The molecule has 0 amide bonds. The van der Waals surface area contributed by atoms with Crippen molar-refractivity contribution in [2.24, 2.45) is 5.41 Å². The second-order valence-electron chi connectivity index (χ2n) is 6.62. The first kappa shape index (κ1) is 14.6. The zero-order chi connectivity index (χ0) is 15.7. The van der Waals surface area contributed by atoms with Gasteiger partial charge in [-0.25, -0.2) is 0 Å². The van der Waals surface area contributed by atoms with Crippen LogP contribution >= 0.6 is 0 Å². The molecule has 0 atom stereocenters. The van der Waals surface area contributed by atoms with Crippen molar-refractivity contribution in [3.05, 3.63) is 60.2 Å². The Balaban J connectivity index is 2.10. The van der Waals surface area contributed by atoms with Gasteiger partial charge in [0.05, 0.1) is 5.41 Å². The van der Waals surface area contributed by atoms with Crippen LogP contribution in [0.1, 0.15) is 26.3 Å². The fourth-order valence-electron chi connectivity index (χ4n) is 2.62. The van der Waals surface area contributed by atoms with Crippen LogP contribution in [0.25, 0.3) is 21.5 Å². The van der Waals surface area contributed by atoms with Gasteiger partial charge >= 0.3 is 5.97 Å². The lowest BCUT2D eigenvalue weighted by molar-refractivity contribution is -0.154. The molecule has 0 aliphatic rings. The van der Waals surface area contributed by atoms with Crippen LogP contribution in [0.2, 0.25) is 0 Å². The lowest BCUT2D eigenvalue weighted by atomic mass is 9.96. The Morgan fingerprint density at radius 3 is 1.91 bits per heavy atom. The summed E-state index contributed by atoms with van der Waals surface area (Å²) in [4.78, 5) is 12.1. The summed E-state index contributed by atoms with van der Waals surface area (Å²) < 4.78 is 5.57. The Kier molecular flexibility index (Phi) is 3.61. The van der Waals surface area contributed by atoms with Crippen molar-refractivity contribution >= 4 is 27.5 Å². The van der Waals surface area contributed by atoms with Gasteiger partial charge in [-0.05, 0) is 48.4 Å². The molecule has 0 heterocycles. The Hall–Kier alpha value is -2.35. The number of benzene rings is 3. The van der Waals surface area contributed by atoms with Crippen molar-refractivity contribution in [1.82, 2.24) is 0 Å². The minimum atomic E-state index is -0.486. The smallest absolute Gasteiger partial charge is 0.311 e. The van der Waals surface area contributed by atoms with Gasteiger partial charge in [-0.1, -0.05) is 48.5 Å². The van der Waals surface area contributed by atoms with Gasteiger partial charge in [-0.3, -0.25) is 4.79 Å². The molecule has 3 rings (SSSR count). The normalized spacial score (nSPS) is 11.8. The second-order valence-corrected chi connectivity index (χ2v) is 6.62. The lowest BCUT2D eigenvalue weighted by Crippen LogP contribution is -2.22. The van der Waals surface area contributed by atoms with Crippen molar-refractivity contribution in [3.63, 3.8) is 0 Å². The summed E-state index contributed by atoms with van der Waals surface area (Å²) in [7, 11) is 0. The molecule has 0 saturated carbocycles. The molecule has 22 heavy (non-hydrogen) atoms. The van der Waals surface area contributed by atoms with Crippen molar-refractivity contribution < 1.29 is 9.53 Å². The predicted octanol–water partition coefficient (Wildman–Crippen LogP) is 5.08. The molecule has 0 aliphatic carbocycles. The summed E-state index contributed by atoms with van der Waals surface area (Å²) in [5, 5.41) is 4.62. The standard InChI is InChI=1S/C20H20O2/c1-20(2,3)19(21)22-13-18-16-10-6-4-8-14(16)12-15-9-5-7-11-17(15)18/h4-12H,13H2,1-3H3. The highest BCUT2D eigenvalue weighted by molar-refractivity contribution is 6.02. The van der Waals surface area contributed by atoms with Gasteiger partial charge in [-0.15, -0.1) is 0 Å². The average molecular weight is 292 g/mol. The molecule has 0 unspecified atom stereocenters. The molecule has 0 fully saturated rings. The highest BCUT2D eigenvalue weighted by Crippen LogP contribution is 2.29. The zero-order valence-electron chi connectivity index (χ0n) is 13.2. The maximum Gasteiger partial charge on any atom is 0.311 e. The van der Waals surface area contributed by atoms with E-state index in [1.54, 1.807) is 0 Å². The van der Waals surface area contributed by atoms with Crippen molar-refractivity contribution in [1.29, 1.82) is 0 Å². The fraction of sp³-hybridized carbons (Fsp3) is 0.250. The van der Waals surface area contributed by atoms with Gasteiger partial charge < -0.3 is 4.74 Å². The van der Waals surface area contributed by atoms with E-state index in [4.69, 9.17) is 4.74 Å². The minimum absolute atomic E-state index is 0.176. The van der Waals surface area contributed by atoms with Crippen LogP contribution in [-0.2, 0) is 16.1 Å². The van der Waals surface area contributed by atoms with E-state index < -0.39 is 5.41 Å². The third-order valence-corrected chi connectivity index (χ3v) is 3.84. The molecule has 0 aliphatic heterocycles. The van der Waals surface area contributed by atoms with Gasteiger partial charge in [0.15, 0.2) is 0 Å². The highest BCUT2D eigenvalue weighted by atomic mass is 16.5. The summed E-state index contributed by atoms with van der Waals surface area (Å²) in [5.74, 6) is -0.176. The maximum absolute atomic E-state index is 12.1. The SMILES string of the molecule is CC(C)(C)C(=O)OCc1c2ccccc2cc2ccccc12. The third-order valence-electron chi connectivity index (χ3n) is 3.84. The summed E-state index contributed by atoms with van der Waals surface area (Å²) >= 11 is 0. The largest absolute Gasteiger partial charge is 0.460 e. The zero-order valence-corrected chi connectivity index (χ0v) is 13.2. The van der Waals surface area contributed by atoms with E-state index in [9.17, 15) is 4.79 Å². The average Bonchev–Trinajstić information content (AvgIpc) is 2.50. The van der Waals surface area contributed by atoms with E-state index in [0.717, 1.165) is 16.3 Å². The molecule has 0 spiro atoms. The number of carbonyl (C=O) groups excluding carboxylic acids is 1. The van der Waals surface area contributed by atoms with Crippen LogP contribution in [0.15, 0.2) is 54.6 Å². The van der Waals surface area contributed by atoms with Crippen molar-refractivity contribution in [2.75, 3.05) is 0 Å². The molecule has 0 radical (unpaired) electrons. The number of rotatable bonds is 2. The van der Waals surface area contributed by atoms with Crippen molar-refractivity contribution in [2.45, 2.75) is 27.4 Å². The van der Waals surface area contributed by atoms with E-state index >= 15 is 0 Å². The molecular formula is C20H20O2. The first-order valence-corrected chi connectivity index (χ1v) is 7.53. The van der Waals surface area contributed by atoms with Gasteiger partial charge in [-0.2, -0.15) is 0 Å². The number of hydrogen-bond donors (Lipinski definition) is 0. The molecule has 3 aromatic rings. The quantitative estimate of drug-likeness (QED) is 0.486. The number of fused-ring (bicyclic) bond motifs is 2. The maximum atomic E-state index is 12.1. The van der Waals surface area contributed by atoms with Gasteiger partial charge in [0.25, 0.3) is 0 Å². The number of hydrogen-bond acceptors (Lipinski definition) is 2. The van der Waals surface area contributed by atoms with Crippen LogP contribution in [0.4, 0.5) is 0 Å². The molecule has 0 bridgehead atoms. The molecule has 3 aromatic carbocycles. The number of carbonyl (C=O) groups is 1. The van der Waals surface area contributed by atoms with E-state index in [1.807, 2.05) is 45.0 Å². The fourth-order valence-corrected chi connectivity index (χ4v) is 2.62. The Labute approximate surface area is 130 Å². The minimum Gasteiger partial charge on any atom is -0.460 e. The predicted molar refractivity (Wildman–Crippen MR) is 90.7 cm³/mol. The van der Waals surface area contributed by atoms with E-state index in [-0.39, 0.29) is 5.97 Å². The molecule has 112 valence electrons. The Morgan fingerprint density at radius 2 is 1.41 bits per heavy atom. The first-order chi connectivity index (χ1) is 10.5. The van der Waals surface area contributed by atoms with E-state index in [2.05, 4.69) is 30.3 Å². The molecule has 2 nitrogen and oxygen atoms in total.